The molecule has 0 saturated carbocycles. The van der Waals surface area contributed by atoms with Gasteiger partial charge in [0.05, 0.1) is 5.02 Å². The Balaban J connectivity index is 2.34. The summed E-state index contributed by atoms with van der Waals surface area (Å²) in [6.45, 7) is 4.89. The highest BCUT2D eigenvalue weighted by atomic mass is 35.5. The fourth-order valence-corrected chi connectivity index (χ4v) is 4.38. The van der Waals surface area contributed by atoms with E-state index in [9.17, 15) is 8.42 Å². The average Bonchev–Trinajstić information content (AvgIpc) is 2.28. The van der Waals surface area contributed by atoms with Gasteiger partial charge in [-0.05, 0) is 26.0 Å². The maximum atomic E-state index is 12.5. The fourth-order valence-electron chi connectivity index (χ4n) is 2.27. The summed E-state index contributed by atoms with van der Waals surface area (Å²) in [5.41, 5.74) is 0. The molecule has 0 aromatic heterocycles. The molecule has 6 heteroatoms. The van der Waals surface area contributed by atoms with Gasteiger partial charge >= 0.3 is 0 Å². The first-order valence-electron chi connectivity index (χ1n) is 5.92. The van der Waals surface area contributed by atoms with Crippen molar-refractivity contribution in [2.75, 3.05) is 13.1 Å². The maximum Gasteiger partial charge on any atom is 0.244 e. The Bertz CT molecular complexity index is 523. The molecule has 1 aliphatic heterocycles. The monoisotopic (exact) mass is 288 g/mol. The smallest absolute Gasteiger partial charge is 0.244 e. The molecular weight excluding hydrogens is 272 g/mol. The predicted octanol–water partition coefficient (Wildman–Crippen LogP) is 1.71. The van der Waals surface area contributed by atoms with Crippen molar-refractivity contribution in [2.24, 2.45) is 0 Å². The molecule has 18 heavy (non-hydrogen) atoms. The zero-order valence-corrected chi connectivity index (χ0v) is 12.0. The van der Waals surface area contributed by atoms with Crippen LogP contribution < -0.4 is 5.32 Å². The van der Waals surface area contributed by atoms with E-state index in [-0.39, 0.29) is 22.0 Å². The Hall–Kier alpha value is -0.620. The third-order valence-electron chi connectivity index (χ3n) is 2.98. The van der Waals surface area contributed by atoms with Gasteiger partial charge in [0.1, 0.15) is 4.90 Å². The van der Waals surface area contributed by atoms with E-state index in [1.807, 2.05) is 13.8 Å². The molecule has 0 spiro atoms. The second-order valence-corrected chi connectivity index (χ2v) is 7.03. The number of halogens is 1. The number of nitrogens with zero attached hydrogens (tertiary/aromatic N) is 1. The minimum Gasteiger partial charge on any atom is -0.309 e. The lowest BCUT2D eigenvalue weighted by atomic mass is 10.2. The Morgan fingerprint density at radius 2 is 1.78 bits per heavy atom. The molecule has 1 saturated heterocycles. The largest absolute Gasteiger partial charge is 0.309 e. The first kappa shape index (κ1) is 13.8. The third kappa shape index (κ3) is 2.69. The van der Waals surface area contributed by atoms with E-state index in [0.29, 0.717) is 13.1 Å². The van der Waals surface area contributed by atoms with Crippen molar-refractivity contribution in [2.45, 2.75) is 30.8 Å². The maximum absolute atomic E-state index is 12.5. The SMILES string of the molecule is CC1CN(S(=O)(=O)c2ccccc2Cl)CC(C)N1. The minimum atomic E-state index is -3.50. The Morgan fingerprint density at radius 1 is 1.22 bits per heavy atom. The quantitative estimate of drug-likeness (QED) is 0.901. The molecule has 0 radical (unpaired) electrons. The van der Waals surface area contributed by atoms with Crippen LogP contribution in [-0.2, 0) is 10.0 Å². The highest BCUT2D eigenvalue weighted by Crippen LogP contribution is 2.25. The van der Waals surface area contributed by atoms with Crippen LogP contribution in [0, 0.1) is 0 Å². The Kier molecular flexibility index (Phi) is 3.96. The molecule has 1 N–H and O–H groups in total. The van der Waals surface area contributed by atoms with Crippen molar-refractivity contribution in [1.82, 2.24) is 9.62 Å². The number of piperazine rings is 1. The van der Waals surface area contributed by atoms with Gasteiger partial charge in [0, 0.05) is 25.2 Å². The lowest BCUT2D eigenvalue weighted by molar-refractivity contribution is 0.263. The molecule has 4 nitrogen and oxygen atoms in total. The highest BCUT2D eigenvalue weighted by Gasteiger charge is 2.32. The van der Waals surface area contributed by atoms with Gasteiger partial charge in [-0.3, -0.25) is 0 Å². The van der Waals surface area contributed by atoms with Crippen molar-refractivity contribution in [3.05, 3.63) is 29.3 Å². The molecule has 1 heterocycles. The molecule has 0 aliphatic carbocycles. The number of sulfonamides is 1. The molecule has 2 unspecified atom stereocenters. The molecule has 1 aliphatic rings. The Labute approximate surface area is 113 Å². The van der Waals surface area contributed by atoms with Gasteiger partial charge in [-0.1, -0.05) is 23.7 Å². The molecule has 2 rings (SSSR count). The zero-order chi connectivity index (χ0) is 13.3. The van der Waals surface area contributed by atoms with E-state index in [0.717, 1.165) is 0 Å². The second kappa shape index (κ2) is 5.17. The average molecular weight is 289 g/mol. The third-order valence-corrected chi connectivity index (χ3v) is 5.31. The van der Waals surface area contributed by atoms with Crippen LogP contribution >= 0.6 is 11.6 Å². The van der Waals surface area contributed by atoms with Crippen LogP contribution in [0.15, 0.2) is 29.2 Å². The summed E-state index contributed by atoms with van der Waals surface area (Å²) in [5, 5.41) is 3.58. The van der Waals surface area contributed by atoms with Gasteiger partial charge < -0.3 is 5.32 Å². The first-order chi connectivity index (χ1) is 8.41. The molecular formula is C12H17ClN2O2S. The number of rotatable bonds is 2. The number of nitrogens with one attached hydrogen (secondary N) is 1. The summed E-state index contributed by atoms with van der Waals surface area (Å²) in [5.74, 6) is 0. The standard InChI is InChI=1S/C12H17ClN2O2S/c1-9-7-15(8-10(2)14-9)18(16,17)12-6-4-3-5-11(12)13/h3-6,9-10,14H,7-8H2,1-2H3. The summed E-state index contributed by atoms with van der Waals surface area (Å²) in [6.07, 6.45) is 0. The van der Waals surface area contributed by atoms with E-state index in [4.69, 9.17) is 11.6 Å². The predicted molar refractivity (Wildman–Crippen MR) is 72.3 cm³/mol. The van der Waals surface area contributed by atoms with E-state index in [2.05, 4.69) is 5.32 Å². The molecule has 2 atom stereocenters. The number of hydrogen-bond donors (Lipinski definition) is 1. The lowest BCUT2D eigenvalue weighted by Crippen LogP contribution is -2.55. The van der Waals surface area contributed by atoms with Gasteiger partial charge in [-0.25, -0.2) is 8.42 Å². The molecule has 0 bridgehead atoms. The van der Waals surface area contributed by atoms with Crippen LogP contribution in [-0.4, -0.2) is 37.9 Å². The van der Waals surface area contributed by atoms with Crippen LogP contribution in [0.25, 0.3) is 0 Å². The van der Waals surface area contributed by atoms with Crippen LogP contribution in [0.3, 0.4) is 0 Å². The Morgan fingerprint density at radius 3 is 2.33 bits per heavy atom. The van der Waals surface area contributed by atoms with Crippen LogP contribution in [0.1, 0.15) is 13.8 Å². The highest BCUT2D eigenvalue weighted by molar-refractivity contribution is 7.89. The molecule has 1 aromatic carbocycles. The van der Waals surface area contributed by atoms with Crippen molar-refractivity contribution in [3.8, 4) is 0 Å². The summed E-state index contributed by atoms with van der Waals surface area (Å²) in [6, 6.07) is 6.86. The van der Waals surface area contributed by atoms with Crippen LogP contribution in [0.5, 0.6) is 0 Å². The van der Waals surface area contributed by atoms with Gasteiger partial charge in [0.15, 0.2) is 0 Å². The van der Waals surface area contributed by atoms with Crippen molar-refractivity contribution < 1.29 is 8.42 Å². The molecule has 100 valence electrons. The summed E-state index contributed by atoms with van der Waals surface area (Å²) < 4.78 is 26.5. The van der Waals surface area contributed by atoms with Crippen LogP contribution in [0.2, 0.25) is 5.02 Å². The van der Waals surface area contributed by atoms with E-state index >= 15 is 0 Å². The van der Waals surface area contributed by atoms with E-state index in [1.54, 1.807) is 24.3 Å². The first-order valence-corrected chi connectivity index (χ1v) is 7.74. The fraction of sp³-hybridized carbons (Fsp3) is 0.500. The summed E-state index contributed by atoms with van der Waals surface area (Å²) in [4.78, 5) is 0.188. The normalized spacial score (nSPS) is 26.2. The molecule has 1 fully saturated rings. The van der Waals surface area contributed by atoms with Gasteiger partial charge in [-0.2, -0.15) is 4.31 Å². The topological polar surface area (TPSA) is 49.4 Å². The number of hydrogen-bond acceptors (Lipinski definition) is 3. The van der Waals surface area contributed by atoms with Crippen molar-refractivity contribution >= 4 is 21.6 Å². The second-order valence-electron chi connectivity index (χ2n) is 4.72. The minimum absolute atomic E-state index is 0.144. The zero-order valence-electron chi connectivity index (χ0n) is 10.4. The summed E-state index contributed by atoms with van der Waals surface area (Å²) >= 11 is 5.98. The number of benzene rings is 1. The van der Waals surface area contributed by atoms with Gasteiger partial charge in [-0.15, -0.1) is 0 Å². The lowest BCUT2D eigenvalue weighted by Gasteiger charge is -2.35. The van der Waals surface area contributed by atoms with Gasteiger partial charge in [0.2, 0.25) is 10.0 Å². The van der Waals surface area contributed by atoms with Crippen molar-refractivity contribution in [3.63, 3.8) is 0 Å². The van der Waals surface area contributed by atoms with Gasteiger partial charge in [0.25, 0.3) is 0 Å². The van der Waals surface area contributed by atoms with E-state index in [1.165, 1.54) is 4.31 Å². The molecule has 0 amide bonds. The van der Waals surface area contributed by atoms with Crippen molar-refractivity contribution in [1.29, 1.82) is 0 Å². The summed E-state index contributed by atoms with van der Waals surface area (Å²) in [7, 11) is -3.50. The molecule has 1 aromatic rings. The van der Waals surface area contributed by atoms with E-state index < -0.39 is 10.0 Å². The van der Waals surface area contributed by atoms with Crippen LogP contribution in [0.4, 0.5) is 0 Å².